The molecule has 0 unspecified atom stereocenters. The molecule has 30 heavy (non-hydrogen) atoms. The molecule has 0 saturated carbocycles. The van der Waals surface area contributed by atoms with Crippen molar-refractivity contribution in [2.24, 2.45) is 0 Å². The standard InChI is InChI=1S/C22H14F3N5/c1-13-9-16(26-2)12-29-21(13)14-3-5-17-18(7-8-27-19(17)10-14)30-20-6-4-15(11-28-20)22(23,24)25/h3-12H,1H3,(H,27,28,30). The number of aromatic nitrogens is 3. The van der Waals surface area contributed by atoms with Crippen LogP contribution in [-0.2, 0) is 6.18 Å². The first-order valence-corrected chi connectivity index (χ1v) is 8.89. The molecule has 0 fully saturated rings. The van der Waals surface area contributed by atoms with Crippen LogP contribution in [0.1, 0.15) is 11.1 Å². The van der Waals surface area contributed by atoms with E-state index in [0.29, 0.717) is 22.7 Å². The molecule has 0 atom stereocenters. The third kappa shape index (κ3) is 3.78. The lowest BCUT2D eigenvalue weighted by Gasteiger charge is -2.12. The number of benzene rings is 1. The lowest BCUT2D eigenvalue weighted by atomic mass is 10.0. The molecule has 0 saturated heterocycles. The fourth-order valence-corrected chi connectivity index (χ4v) is 3.10. The number of hydrogen-bond acceptors (Lipinski definition) is 4. The van der Waals surface area contributed by atoms with Gasteiger partial charge in [0.15, 0.2) is 0 Å². The van der Waals surface area contributed by atoms with Gasteiger partial charge in [-0.25, -0.2) is 9.83 Å². The largest absolute Gasteiger partial charge is 0.417 e. The second kappa shape index (κ2) is 7.44. The van der Waals surface area contributed by atoms with E-state index in [-0.39, 0.29) is 0 Å². The predicted octanol–water partition coefficient (Wildman–Crippen LogP) is 6.31. The molecule has 0 aliphatic carbocycles. The van der Waals surface area contributed by atoms with E-state index < -0.39 is 11.7 Å². The number of fused-ring (bicyclic) bond motifs is 1. The molecule has 0 spiro atoms. The molecule has 0 radical (unpaired) electrons. The summed E-state index contributed by atoms with van der Waals surface area (Å²) in [6, 6.07) is 11.4. The van der Waals surface area contributed by atoms with Crippen molar-refractivity contribution in [3.05, 3.63) is 83.6 Å². The Kier molecular flexibility index (Phi) is 4.80. The van der Waals surface area contributed by atoms with Gasteiger partial charge in [0.1, 0.15) is 5.82 Å². The molecular formula is C22H14F3N5. The number of aryl methyl sites for hydroxylation is 1. The Morgan fingerprint density at radius 3 is 2.47 bits per heavy atom. The number of halogens is 3. The molecule has 148 valence electrons. The molecule has 0 aliphatic heterocycles. The summed E-state index contributed by atoms with van der Waals surface area (Å²) in [7, 11) is 0. The van der Waals surface area contributed by atoms with Crippen LogP contribution in [0.4, 0.5) is 30.4 Å². The summed E-state index contributed by atoms with van der Waals surface area (Å²) < 4.78 is 38.1. The molecule has 3 heterocycles. The van der Waals surface area contributed by atoms with Crippen LogP contribution in [0.25, 0.3) is 27.0 Å². The smallest absolute Gasteiger partial charge is 0.340 e. The number of pyridine rings is 3. The van der Waals surface area contributed by atoms with Crippen LogP contribution in [0, 0.1) is 13.5 Å². The van der Waals surface area contributed by atoms with Crippen molar-refractivity contribution in [1.29, 1.82) is 0 Å². The van der Waals surface area contributed by atoms with Gasteiger partial charge in [0, 0.05) is 29.5 Å². The van der Waals surface area contributed by atoms with E-state index in [0.717, 1.165) is 34.5 Å². The Hall–Kier alpha value is -3.99. The molecule has 1 aromatic carbocycles. The van der Waals surface area contributed by atoms with Crippen LogP contribution in [-0.4, -0.2) is 15.0 Å². The maximum atomic E-state index is 12.7. The molecule has 0 amide bonds. The Morgan fingerprint density at radius 2 is 1.80 bits per heavy atom. The van der Waals surface area contributed by atoms with Crippen molar-refractivity contribution in [2.45, 2.75) is 13.1 Å². The Bertz CT molecular complexity index is 1270. The molecule has 4 rings (SSSR count). The van der Waals surface area contributed by atoms with Crippen LogP contribution in [0.15, 0.2) is 61.1 Å². The summed E-state index contributed by atoms with van der Waals surface area (Å²) in [5.41, 5.74) is 3.54. The van der Waals surface area contributed by atoms with E-state index >= 15 is 0 Å². The first kappa shape index (κ1) is 19.3. The summed E-state index contributed by atoms with van der Waals surface area (Å²) in [6.45, 7) is 8.98. The van der Waals surface area contributed by atoms with E-state index in [1.165, 1.54) is 12.3 Å². The summed E-state index contributed by atoms with van der Waals surface area (Å²) in [5.74, 6) is 0.298. The lowest BCUT2D eigenvalue weighted by Crippen LogP contribution is -2.05. The third-order valence-corrected chi connectivity index (χ3v) is 4.56. The summed E-state index contributed by atoms with van der Waals surface area (Å²) in [6.07, 6.45) is -0.488. The molecule has 5 nitrogen and oxygen atoms in total. The van der Waals surface area contributed by atoms with Gasteiger partial charge in [-0.15, -0.1) is 0 Å². The Balaban J connectivity index is 1.67. The second-order valence-corrected chi connectivity index (χ2v) is 6.62. The number of alkyl halides is 3. The first-order valence-electron chi connectivity index (χ1n) is 8.89. The normalized spacial score (nSPS) is 11.3. The molecule has 3 aromatic heterocycles. The zero-order chi connectivity index (χ0) is 21.3. The lowest BCUT2D eigenvalue weighted by molar-refractivity contribution is -0.137. The number of anilines is 2. The maximum absolute atomic E-state index is 12.7. The Labute approximate surface area is 170 Å². The average molecular weight is 405 g/mol. The van der Waals surface area contributed by atoms with Gasteiger partial charge in [0.05, 0.1) is 29.0 Å². The van der Waals surface area contributed by atoms with Gasteiger partial charge in [-0.3, -0.25) is 9.97 Å². The van der Waals surface area contributed by atoms with Gasteiger partial charge in [0.25, 0.3) is 0 Å². The van der Waals surface area contributed by atoms with E-state index in [1.54, 1.807) is 18.3 Å². The van der Waals surface area contributed by atoms with Crippen molar-refractivity contribution in [3.63, 3.8) is 0 Å². The highest BCUT2D eigenvalue weighted by atomic mass is 19.4. The molecule has 4 aromatic rings. The minimum absolute atomic E-state index is 0.298. The minimum Gasteiger partial charge on any atom is -0.340 e. The predicted molar refractivity (Wildman–Crippen MR) is 108 cm³/mol. The summed E-state index contributed by atoms with van der Waals surface area (Å²) in [5, 5.41) is 3.83. The molecule has 1 N–H and O–H groups in total. The highest BCUT2D eigenvalue weighted by Crippen LogP contribution is 2.32. The fourth-order valence-electron chi connectivity index (χ4n) is 3.10. The minimum atomic E-state index is -4.43. The van der Waals surface area contributed by atoms with Gasteiger partial charge >= 0.3 is 6.18 Å². The topological polar surface area (TPSA) is 55.1 Å². The number of nitrogens with zero attached hydrogens (tertiary/aromatic N) is 4. The van der Waals surface area contributed by atoms with E-state index in [1.807, 2.05) is 25.1 Å². The maximum Gasteiger partial charge on any atom is 0.417 e. The number of rotatable bonds is 3. The van der Waals surface area contributed by atoms with Crippen LogP contribution in [0.3, 0.4) is 0 Å². The molecule has 8 heteroatoms. The monoisotopic (exact) mass is 405 g/mol. The van der Waals surface area contributed by atoms with E-state index in [9.17, 15) is 13.2 Å². The van der Waals surface area contributed by atoms with Gasteiger partial charge in [-0.05, 0) is 42.8 Å². The van der Waals surface area contributed by atoms with E-state index in [2.05, 4.69) is 25.1 Å². The zero-order valence-corrected chi connectivity index (χ0v) is 15.7. The third-order valence-electron chi connectivity index (χ3n) is 4.56. The van der Waals surface area contributed by atoms with Gasteiger partial charge < -0.3 is 5.32 Å². The van der Waals surface area contributed by atoms with Crippen LogP contribution >= 0.6 is 0 Å². The molecule has 0 aliphatic rings. The van der Waals surface area contributed by atoms with Gasteiger partial charge in [-0.1, -0.05) is 12.1 Å². The summed E-state index contributed by atoms with van der Waals surface area (Å²) in [4.78, 5) is 16.0. The SMILES string of the molecule is [C-]#[N+]c1cnc(-c2ccc3c(Nc4ccc(C(F)(F)F)cn4)ccnc3c2)c(C)c1. The van der Waals surface area contributed by atoms with Crippen molar-refractivity contribution >= 4 is 28.1 Å². The number of nitrogens with one attached hydrogen (secondary N) is 1. The van der Waals surface area contributed by atoms with Gasteiger partial charge in [-0.2, -0.15) is 13.2 Å². The van der Waals surface area contributed by atoms with Crippen molar-refractivity contribution in [2.75, 3.05) is 5.32 Å². The number of hydrogen-bond donors (Lipinski definition) is 1. The summed E-state index contributed by atoms with van der Waals surface area (Å²) >= 11 is 0. The van der Waals surface area contributed by atoms with Gasteiger partial charge in [0.2, 0.25) is 5.69 Å². The molecular weight excluding hydrogens is 391 g/mol. The van der Waals surface area contributed by atoms with Crippen molar-refractivity contribution < 1.29 is 13.2 Å². The Morgan fingerprint density at radius 1 is 0.967 bits per heavy atom. The highest BCUT2D eigenvalue weighted by Gasteiger charge is 2.30. The van der Waals surface area contributed by atoms with Crippen molar-refractivity contribution in [3.8, 4) is 11.3 Å². The van der Waals surface area contributed by atoms with Crippen LogP contribution < -0.4 is 5.32 Å². The first-order chi connectivity index (χ1) is 14.3. The van der Waals surface area contributed by atoms with Crippen LogP contribution in [0.2, 0.25) is 0 Å². The average Bonchev–Trinajstić information content (AvgIpc) is 2.73. The highest BCUT2D eigenvalue weighted by molar-refractivity contribution is 5.94. The van der Waals surface area contributed by atoms with Crippen LogP contribution in [0.5, 0.6) is 0 Å². The second-order valence-electron chi connectivity index (χ2n) is 6.62. The van der Waals surface area contributed by atoms with E-state index in [4.69, 9.17) is 6.57 Å². The van der Waals surface area contributed by atoms with Crippen molar-refractivity contribution in [1.82, 2.24) is 15.0 Å². The molecule has 0 bridgehead atoms. The fraction of sp³-hybridized carbons (Fsp3) is 0.0909. The zero-order valence-electron chi connectivity index (χ0n) is 15.7. The quantitative estimate of drug-likeness (QED) is 0.406.